The van der Waals surface area contributed by atoms with Gasteiger partial charge in [0.2, 0.25) is 0 Å². The fraction of sp³-hybridized carbons (Fsp3) is 0.333. The number of hydrogen-bond acceptors (Lipinski definition) is 2. The lowest BCUT2D eigenvalue weighted by molar-refractivity contribution is -0.137. The van der Waals surface area contributed by atoms with Gasteiger partial charge in [-0.3, -0.25) is 0 Å². The van der Waals surface area contributed by atoms with Gasteiger partial charge >= 0.3 is 6.18 Å². The molecule has 1 aromatic carbocycles. The van der Waals surface area contributed by atoms with Crippen molar-refractivity contribution in [3.8, 4) is 5.69 Å². The molecule has 0 spiro atoms. The highest BCUT2D eigenvalue weighted by atomic mass is 79.9. The molecular formula is C12H10BrClF3N3. The van der Waals surface area contributed by atoms with Crippen molar-refractivity contribution in [3.05, 3.63) is 40.1 Å². The molecule has 8 heteroatoms. The molecule has 0 aliphatic heterocycles. The van der Waals surface area contributed by atoms with E-state index >= 15 is 0 Å². The van der Waals surface area contributed by atoms with E-state index in [2.05, 4.69) is 26.2 Å². The average molecular weight is 369 g/mol. The molecule has 20 heavy (non-hydrogen) atoms. The van der Waals surface area contributed by atoms with Crippen LogP contribution in [0.15, 0.2) is 28.9 Å². The summed E-state index contributed by atoms with van der Waals surface area (Å²) < 4.78 is 40.6. The Morgan fingerprint density at radius 1 is 1.30 bits per heavy atom. The van der Waals surface area contributed by atoms with Crippen molar-refractivity contribution in [1.29, 1.82) is 0 Å². The van der Waals surface area contributed by atoms with Crippen LogP contribution < -0.4 is 0 Å². The summed E-state index contributed by atoms with van der Waals surface area (Å²) >= 11 is 8.61. The van der Waals surface area contributed by atoms with Gasteiger partial charge in [-0.2, -0.15) is 13.2 Å². The first-order chi connectivity index (χ1) is 9.41. The minimum absolute atomic E-state index is 0.0506. The quantitative estimate of drug-likeness (QED) is 0.757. The van der Waals surface area contributed by atoms with Crippen LogP contribution in [0.25, 0.3) is 5.69 Å². The summed E-state index contributed by atoms with van der Waals surface area (Å²) in [6.07, 6.45) is -1.68. The van der Waals surface area contributed by atoms with Crippen LogP contribution in [0.5, 0.6) is 0 Å². The van der Waals surface area contributed by atoms with Crippen LogP contribution in [-0.4, -0.2) is 20.9 Å². The predicted molar refractivity (Wildman–Crippen MR) is 73.1 cm³/mol. The summed E-state index contributed by atoms with van der Waals surface area (Å²) in [7, 11) is 0. The number of benzene rings is 1. The molecule has 0 N–H and O–H groups in total. The molecule has 3 nitrogen and oxygen atoms in total. The molecule has 0 amide bonds. The maximum Gasteiger partial charge on any atom is 0.418 e. The number of aromatic nitrogens is 3. The Balaban J connectivity index is 2.39. The van der Waals surface area contributed by atoms with Crippen molar-refractivity contribution in [2.45, 2.75) is 19.0 Å². The Bertz CT molecular complexity index is 598. The first-order valence-corrected chi connectivity index (χ1v) is 7.09. The summed E-state index contributed by atoms with van der Waals surface area (Å²) in [6, 6.07) is 3.91. The van der Waals surface area contributed by atoms with Crippen molar-refractivity contribution < 1.29 is 13.2 Å². The number of nitrogens with zero attached hydrogens (tertiary/aromatic N) is 3. The van der Waals surface area contributed by atoms with Crippen LogP contribution in [0.4, 0.5) is 13.2 Å². The minimum Gasteiger partial charge on any atom is -0.220 e. The van der Waals surface area contributed by atoms with Gasteiger partial charge in [0.1, 0.15) is 0 Å². The normalized spacial score (nSPS) is 11.8. The van der Waals surface area contributed by atoms with Crippen LogP contribution in [-0.2, 0) is 12.6 Å². The molecule has 0 aliphatic carbocycles. The highest BCUT2D eigenvalue weighted by Crippen LogP contribution is 2.35. The lowest BCUT2D eigenvalue weighted by atomic mass is 10.1. The molecular weight excluding hydrogens is 359 g/mol. The van der Waals surface area contributed by atoms with Gasteiger partial charge in [-0.25, -0.2) is 4.68 Å². The summed E-state index contributed by atoms with van der Waals surface area (Å²) in [5, 5.41) is 7.60. The molecule has 0 saturated heterocycles. The smallest absolute Gasteiger partial charge is 0.220 e. The summed E-state index contributed by atoms with van der Waals surface area (Å²) in [5.74, 6) is 0.471. The molecule has 108 valence electrons. The third-order valence-electron chi connectivity index (χ3n) is 2.62. The molecule has 1 aromatic heterocycles. The van der Waals surface area contributed by atoms with Gasteiger partial charge in [-0.15, -0.1) is 16.7 Å². The van der Waals surface area contributed by atoms with E-state index in [1.165, 1.54) is 18.3 Å². The van der Waals surface area contributed by atoms with E-state index in [1.54, 1.807) is 0 Å². The van der Waals surface area contributed by atoms with E-state index in [1.807, 2.05) is 0 Å². The maximum atomic E-state index is 13.0. The second-order valence-corrected chi connectivity index (χ2v) is 5.40. The SMILES string of the molecule is FC(F)(F)c1cc(Br)ccc1-n1cc(CCCCl)nn1. The lowest BCUT2D eigenvalue weighted by Crippen LogP contribution is -2.11. The van der Waals surface area contributed by atoms with Gasteiger partial charge in [-0.1, -0.05) is 21.1 Å². The topological polar surface area (TPSA) is 30.7 Å². The van der Waals surface area contributed by atoms with Gasteiger partial charge in [-0.05, 0) is 31.0 Å². The molecule has 2 aromatic rings. The third kappa shape index (κ3) is 3.52. The summed E-state index contributed by atoms with van der Waals surface area (Å²) in [4.78, 5) is 0. The van der Waals surface area contributed by atoms with E-state index in [-0.39, 0.29) is 5.69 Å². The van der Waals surface area contributed by atoms with Crippen LogP contribution in [0.2, 0.25) is 0 Å². The van der Waals surface area contributed by atoms with E-state index in [0.29, 0.717) is 28.9 Å². The number of halogens is 5. The lowest BCUT2D eigenvalue weighted by Gasteiger charge is -2.12. The zero-order chi connectivity index (χ0) is 14.8. The maximum absolute atomic E-state index is 13.0. The second-order valence-electron chi connectivity index (χ2n) is 4.11. The molecule has 0 unspecified atom stereocenters. The van der Waals surface area contributed by atoms with Gasteiger partial charge in [0.25, 0.3) is 0 Å². The molecule has 0 atom stereocenters. The Kier molecular flexibility index (Phi) is 4.70. The number of hydrogen-bond donors (Lipinski definition) is 0. The molecule has 0 saturated carbocycles. The van der Waals surface area contributed by atoms with Crippen molar-refractivity contribution in [2.75, 3.05) is 5.88 Å². The highest BCUT2D eigenvalue weighted by molar-refractivity contribution is 9.10. The van der Waals surface area contributed by atoms with Crippen molar-refractivity contribution >= 4 is 27.5 Å². The molecule has 2 rings (SSSR count). The van der Waals surface area contributed by atoms with Crippen LogP contribution >= 0.6 is 27.5 Å². The van der Waals surface area contributed by atoms with Gasteiger partial charge in [0.15, 0.2) is 0 Å². The predicted octanol–water partition coefficient (Wildman–Crippen LogP) is 4.22. The van der Waals surface area contributed by atoms with E-state index in [4.69, 9.17) is 11.6 Å². The van der Waals surface area contributed by atoms with Crippen molar-refractivity contribution in [3.63, 3.8) is 0 Å². The van der Waals surface area contributed by atoms with Crippen molar-refractivity contribution in [2.24, 2.45) is 0 Å². The second kappa shape index (κ2) is 6.13. The largest absolute Gasteiger partial charge is 0.418 e. The zero-order valence-electron chi connectivity index (χ0n) is 10.2. The fourth-order valence-electron chi connectivity index (χ4n) is 1.71. The Morgan fingerprint density at radius 3 is 2.70 bits per heavy atom. The molecule has 1 heterocycles. The van der Waals surface area contributed by atoms with Gasteiger partial charge < -0.3 is 0 Å². The first kappa shape index (κ1) is 15.3. The molecule has 0 bridgehead atoms. The standard InChI is InChI=1S/C12H10BrClF3N3/c13-8-3-4-11(10(6-8)12(15,16)17)20-7-9(18-19-20)2-1-5-14/h3-4,6-7H,1-2,5H2. The molecule has 0 fully saturated rings. The van der Waals surface area contributed by atoms with Gasteiger partial charge in [0.05, 0.1) is 23.1 Å². The fourth-order valence-corrected chi connectivity index (χ4v) is 2.21. The zero-order valence-corrected chi connectivity index (χ0v) is 12.5. The first-order valence-electron chi connectivity index (χ1n) is 5.76. The van der Waals surface area contributed by atoms with E-state index in [9.17, 15) is 13.2 Å². The van der Waals surface area contributed by atoms with E-state index in [0.717, 1.165) is 10.7 Å². The highest BCUT2D eigenvalue weighted by Gasteiger charge is 2.34. The Hall–Kier alpha value is -1.08. The molecule has 0 radical (unpaired) electrons. The average Bonchev–Trinajstić information content (AvgIpc) is 2.84. The monoisotopic (exact) mass is 367 g/mol. The Morgan fingerprint density at radius 2 is 2.05 bits per heavy atom. The van der Waals surface area contributed by atoms with Crippen LogP contribution in [0.1, 0.15) is 17.7 Å². The van der Waals surface area contributed by atoms with Crippen LogP contribution in [0.3, 0.4) is 0 Å². The van der Waals surface area contributed by atoms with Crippen molar-refractivity contribution in [1.82, 2.24) is 15.0 Å². The summed E-state index contributed by atoms with van der Waals surface area (Å²) in [6.45, 7) is 0. The third-order valence-corrected chi connectivity index (χ3v) is 3.38. The Labute approximate surface area is 126 Å². The molecule has 0 aliphatic rings. The van der Waals surface area contributed by atoms with E-state index < -0.39 is 11.7 Å². The van der Waals surface area contributed by atoms with Gasteiger partial charge in [0, 0.05) is 10.4 Å². The minimum atomic E-state index is -4.46. The summed E-state index contributed by atoms with van der Waals surface area (Å²) in [5.41, 5.74) is -0.201. The van der Waals surface area contributed by atoms with Crippen LogP contribution in [0, 0.1) is 0 Å². The number of alkyl halides is 4. The number of rotatable bonds is 4. The number of aryl methyl sites for hydroxylation is 1.